The molecule has 1 N–H and O–H groups in total. The Balaban J connectivity index is 2.31. The van der Waals surface area contributed by atoms with Crippen molar-refractivity contribution < 1.29 is 19.0 Å². The third kappa shape index (κ3) is 1.45. The van der Waals surface area contributed by atoms with Crippen molar-refractivity contribution in [2.75, 3.05) is 13.2 Å². The molecule has 0 saturated carbocycles. The van der Waals surface area contributed by atoms with E-state index in [4.69, 9.17) is 14.6 Å². The molecule has 4 heteroatoms. The van der Waals surface area contributed by atoms with Gasteiger partial charge in [-0.25, -0.2) is 4.39 Å². The van der Waals surface area contributed by atoms with Crippen molar-refractivity contribution in [3.8, 4) is 11.5 Å². The van der Waals surface area contributed by atoms with Crippen LogP contribution in [0, 0.1) is 5.82 Å². The van der Waals surface area contributed by atoms with Crippen LogP contribution in [0.3, 0.4) is 0 Å². The normalized spacial score (nSPS) is 20.0. The Morgan fingerprint density at radius 2 is 2.38 bits per heavy atom. The van der Waals surface area contributed by atoms with E-state index in [0.29, 0.717) is 5.75 Å². The fourth-order valence-electron chi connectivity index (χ4n) is 1.20. The second-order valence-corrected chi connectivity index (χ2v) is 2.80. The molecule has 0 fully saturated rings. The second kappa shape index (κ2) is 3.22. The summed E-state index contributed by atoms with van der Waals surface area (Å²) in [5.74, 6) is 0.0476. The fraction of sp³-hybridized carbons (Fsp3) is 0.333. The molecule has 0 saturated heterocycles. The number of fused-ring (bicyclic) bond motifs is 1. The van der Waals surface area contributed by atoms with Gasteiger partial charge in [-0.2, -0.15) is 0 Å². The van der Waals surface area contributed by atoms with Crippen LogP contribution in [0.4, 0.5) is 4.39 Å². The predicted octanol–water partition coefficient (Wildman–Crippen LogP) is 0.958. The lowest BCUT2D eigenvalue weighted by atomic mass is 10.2. The van der Waals surface area contributed by atoms with E-state index in [1.54, 1.807) is 6.07 Å². The highest BCUT2D eigenvalue weighted by Gasteiger charge is 2.22. The van der Waals surface area contributed by atoms with E-state index in [0.717, 1.165) is 0 Å². The number of rotatable bonds is 1. The molecule has 1 aliphatic rings. The Bertz CT molecular complexity index is 314. The molecule has 1 aromatic rings. The Labute approximate surface area is 74.7 Å². The molecule has 0 amide bonds. The number of aliphatic hydroxyl groups is 1. The number of para-hydroxylation sites is 1. The molecule has 1 aliphatic heterocycles. The number of ether oxygens (including phenoxy) is 2. The average molecular weight is 184 g/mol. The van der Waals surface area contributed by atoms with Gasteiger partial charge in [0.25, 0.3) is 0 Å². The Hall–Kier alpha value is -1.29. The molecule has 0 radical (unpaired) electrons. The Kier molecular flexibility index (Phi) is 2.06. The van der Waals surface area contributed by atoms with E-state index in [9.17, 15) is 4.39 Å². The highest BCUT2D eigenvalue weighted by molar-refractivity contribution is 5.42. The van der Waals surface area contributed by atoms with Gasteiger partial charge in [-0.15, -0.1) is 0 Å². The van der Waals surface area contributed by atoms with Gasteiger partial charge < -0.3 is 14.6 Å². The van der Waals surface area contributed by atoms with Gasteiger partial charge in [-0.05, 0) is 12.1 Å². The average Bonchev–Trinajstić information content (AvgIpc) is 2.18. The van der Waals surface area contributed by atoms with Gasteiger partial charge in [0.1, 0.15) is 6.61 Å². The molecule has 0 aromatic heterocycles. The number of hydrogen-bond acceptors (Lipinski definition) is 3. The van der Waals surface area contributed by atoms with Gasteiger partial charge >= 0.3 is 0 Å². The lowest BCUT2D eigenvalue weighted by Gasteiger charge is -2.25. The molecule has 3 nitrogen and oxygen atoms in total. The van der Waals surface area contributed by atoms with E-state index < -0.39 is 11.9 Å². The lowest BCUT2D eigenvalue weighted by molar-refractivity contribution is 0.0429. The summed E-state index contributed by atoms with van der Waals surface area (Å²) in [6, 6.07) is 4.46. The van der Waals surface area contributed by atoms with Gasteiger partial charge in [0.05, 0.1) is 6.61 Å². The second-order valence-electron chi connectivity index (χ2n) is 2.80. The van der Waals surface area contributed by atoms with E-state index in [-0.39, 0.29) is 19.0 Å². The molecule has 13 heavy (non-hydrogen) atoms. The first-order valence-electron chi connectivity index (χ1n) is 4.00. The molecular formula is C9H9FO3. The zero-order valence-electron chi connectivity index (χ0n) is 6.87. The third-order valence-corrected chi connectivity index (χ3v) is 1.84. The van der Waals surface area contributed by atoms with E-state index >= 15 is 0 Å². The molecular weight excluding hydrogens is 175 g/mol. The first kappa shape index (κ1) is 8.31. The van der Waals surface area contributed by atoms with Crippen LogP contribution in [0.25, 0.3) is 0 Å². The molecule has 0 spiro atoms. The first-order valence-corrected chi connectivity index (χ1v) is 4.00. The Morgan fingerprint density at radius 3 is 3.15 bits per heavy atom. The smallest absolute Gasteiger partial charge is 0.197 e. The zero-order valence-corrected chi connectivity index (χ0v) is 6.87. The van der Waals surface area contributed by atoms with Crippen LogP contribution in [-0.2, 0) is 0 Å². The van der Waals surface area contributed by atoms with Crippen molar-refractivity contribution in [2.45, 2.75) is 6.10 Å². The SMILES string of the molecule is OC[C@H]1COc2c(F)cccc2O1. The molecule has 2 rings (SSSR count). The maximum absolute atomic E-state index is 13.0. The van der Waals surface area contributed by atoms with Crippen LogP contribution in [0.1, 0.15) is 0 Å². The molecule has 1 heterocycles. The van der Waals surface area contributed by atoms with Crippen LogP contribution in [0.5, 0.6) is 11.5 Å². The van der Waals surface area contributed by atoms with Gasteiger partial charge in [0.15, 0.2) is 23.4 Å². The van der Waals surface area contributed by atoms with E-state index in [2.05, 4.69) is 0 Å². The zero-order chi connectivity index (χ0) is 9.26. The summed E-state index contributed by atoms with van der Waals surface area (Å²) in [7, 11) is 0. The standard InChI is InChI=1S/C9H9FO3/c10-7-2-1-3-8-9(7)12-5-6(4-11)13-8/h1-3,6,11H,4-5H2/t6-/m0/s1. The molecule has 0 unspecified atom stereocenters. The number of aliphatic hydroxyl groups excluding tert-OH is 1. The number of benzene rings is 1. The lowest BCUT2D eigenvalue weighted by Crippen LogP contribution is -2.32. The molecule has 1 aromatic carbocycles. The van der Waals surface area contributed by atoms with Crippen LogP contribution < -0.4 is 9.47 Å². The van der Waals surface area contributed by atoms with Crippen LogP contribution in [0.15, 0.2) is 18.2 Å². The van der Waals surface area contributed by atoms with Crippen molar-refractivity contribution >= 4 is 0 Å². The van der Waals surface area contributed by atoms with Crippen molar-refractivity contribution in [1.29, 1.82) is 0 Å². The number of halogens is 1. The van der Waals surface area contributed by atoms with Crippen molar-refractivity contribution in [1.82, 2.24) is 0 Å². The topological polar surface area (TPSA) is 38.7 Å². The van der Waals surface area contributed by atoms with E-state index in [1.165, 1.54) is 12.1 Å². The van der Waals surface area contributed by atoms with Crippen molar-refractivity contribution in [3.05, 3.63) is 24.0 Å². The van der Waals surface area contributed by atoms with Crippen LogP contribution in [-0.4, -0.2) is 24.4 Å². The highest BCUT2D eigenvalue weighted by atomic mass is 19.1. The minimum Gasteiger partial charge on any atom is -0.483 e. The maximum Gasteiger partial charge on any atom is 0.197 e. The summed E-state index contributed by atoms with van der Waals surface area (Å²) in [5, 5.41) is 8.79. The predicted molar refractivity (Wildman–Crippen MR) is 43.4 cm³/mol. The highest BCUT2D eigenvalue weighted by Crippen LogP contribution is 2.33. The Morgan fingerprint density at radius 1 is 1.54 bits per heavy atom. The first-order chi connectivity index (χ1) is 6.31. The molecule has 1 atom stereocenters. The third-order valence-electron chi connectivity index (χ3n) is 1.84. The fourth-order valence-corrected chi connectivity index (χ4v) is 1.20. The summed E-state index contributed by atoms with van der Waals surface area (Å²) >= 11 is 0. The molecule has 0 aliphatic carbocycles. The minimum atomic E-state index is -0.436. The molecule has 0 bridgehead atoms. The monoisotopic (exact) mass is 184 g/mol. The van der Waals surface area contributed by atoms with Crippen LogP contribution in [0.2, 0.25) is 0 Å². The summed E-state index contributed by atoms with van der Waals surface area (Å²) in [6.45, 7) is 0.0559. The van der Waals surface area contributed by atoms with E-state index in [1.807, 2.05) is 0 Å². The van der Waals surface area contributed by atoms with Gasteiger partial charge in [0.2, 0.25) is 0 Å². The number of hydrogen-bond donors (Lipinski definition) is 1. The van der Waals surface area contributed by atoms with Gasteiger partial charge in [-0.1, -0.05) is 6.07 Å². The quantitative estimate of drug-likeness (QED) is 0.706. The van der Waals surface area contributed by atoms with Gasteiger partial charge in [0, 0.05) is 0 Å². The summed E-state index contributed by atoms with van der Waals surface area (Å²) in [6.07, 6.45) is -0.394. The maximum atomic E-state index is 13.0. The summed E-state index contributed by atoms with van der Waals surface area (Å²) in [4.78, 5) is 0. The van der Waals surface area contributed by atoms with Crippen molar-refractivity contribution in [3.63, 3.8) is 0 Å². The largest absolute Gasteiger partial charge is 0.483 e. The van der Waals surface area contributed by atoms with Gasteiger partial charge in [-0.3, -0.25) is 0 Å². The minimum absolute atomic E-state index is 0.129. The summed E-state index contributed by atoms with van der Waals surface area (Å²) in [5.41, 5.74) is 0. The molecule has 70 valence electrons. The van der Waals surface area contributed by atoms with Crippen LogP contribution >= 0.6 is 0 Å². The van der Waals surface area contributed by atoms with Crippen molar-refractivity contribution in [2.24, 2.45) is 0 Å². The summed E-state index contributed by atoms with van der Waals surface area (Å²) < 4.78 is 23.4.